The van der Waals surface area contributed by atoms with Gasteiger partial charge < -0.3 is 20.7 Å². The first-order valence-electron chi connectivity index (χ1n) is 8.11. The summed E-state index contributed by atoms with van der Waals surface area (Å²) in [7, 11) is 0. The summed E-state index contributed by atoms with van der Waals surface area (Å²) in [4.78, 5) is 20.5. The van der Waals surface area contributed by atoms with E-state index in [2.05, 4.69) is 38.8 Å². The minimum atomic E-state index is -0.163. The lowest BCUT2D eigenvalue weighted by molar-refractivity contribution is 0.0949. The van der Waals surface area contributed by atoms with Crippen LogP contribution in [0.5, 0.6) is 0 Å². The van der Waals surface area contributed by atoms with Gasteiger partial charge in [-0.3, -0.25) is 4.79 Å². The number of aliphatic hydroxyl groups is 1. The summed E-state index contributed by atoms with van der Waals surface area (Å²) >= 11 is 1.39. The number of hydrogen-bond acceptors (Lipinski definition) is 5. The third-order valence-corrected chi connectivity index (χ3v) is 5.11. The first-order chi connectivity index (χ1) is 12.2. The molecule has 128 valence electrons. The molecule has 1 aliphatic rings. The molecule has 3 aromatic heterocycles. The van der Waals surface area contributed by atoms with Crippen LogP contribution >= 0.6 is 11.3 Å². The molecule has 4 heterocycles. The van der Waals surface area contributed by atoms with Crippen LogP contribution in [0.25, 0.3) is 27.7 Å². The number of carbonyl (C=O) groups excluding carboxylic acids is 1. The van der Waals surface area contributed by atoms with E-state index in [0.29, 0.717) is 4.88 Å². The van der Waals surface area contributed by atoms with Crippen molar-refractivity contribution in [2.45, 2.75) is 0 Å². The van der Waals surface area contributed by atoms with Crippen LogP contribution in [0, 0.1) is 0 Å². The highest BCUT2D eigenvalue weighted by molar-refractivity contribution is 7.12. The molecule has 1 amide bonds. The van der Waals surface area contributed by atoms with Gasteiger partial charge in [-0.25, -0.2) is 4.98 Å². The van der Waals surface area contributed by atoms with Gasteiger partial charge in [-0.1, -0.05) is 6.08 Å². The average molecular weight is 354 g/mol. The second kappa shape index (κ2) is 6.79. The third kappa shape index (κ3) is 3.21. The van der Waals surface area contributed by atoms with Crippen LogP contribution in [-0.4, -0.2) is 47.2 Å². The molecule has 0 bridgehead atoms. The lowest BCUT2D eigenvalue weighted by Crippen LogP contribution is -2.25. The maximum absolute atomic E-state index is 12.0. The lowest BCUT2D eigenvalue weighted by Gasteiger charge is -1.99. The van der Waals surface area contributed by atoms with Crippen LogP contribution in [-0.2, 0) is 0 Å². The van der Waals surface area contributed by atoms with Crippen LogP contribution in [0.3, 0.4) is 0 Å². The predicted octanol–water partition coefficient (Wildman–Crippen LogP) is 2.00. The van der Waals surface area contributed by atoms with Gasteiger partial charge in [0.25, 0.3) is 5.91 Å². The zero-order valence-corrected chi connectivity index (χ0v) is 14.3. The van der Waals surface area contributed by atoms with E-state index in [9.17, 15) is 4.79 Å². The Bertz CT molecular complexity index is 957. The molecule has 0 saturated carbocycles. The summed E-state index contributed by atoms with van der Waals surface area (Å²) in [6.45, 7) is 1.97. The van der Waals surface area contributed by atoms with Gasteiger partial charge in [-0.15, -0.1) is 11.3 Å². The summed E-state index contributed by atoms with van der Waals surface area (Å²) in [5, 5.41) is 17.8. The number of amides is 1. The van der Waals surface area contributed by atoms with Crippen molar-refractivity contribution in [2.24, 2.45) is 0 Å². The number of hydrogen-bond donors (Lipinski definition) is 4. The van der Waals surface area contributed by atoms with Gasteiger partial charge in [0.05, 0.1) is 11.5 Å². The molecule has 0 saturated heterocycles. The Labute approximate surface area is 148 Å². The molecule has 0 aliphatic carbocycles. The molecule has 0 fully saturated rings. The second-order valence-electron chi connectivity index (χ2n) is 5.88. The van der Waals surface area contributed by atoms with Gasteiger partial charge in [0.15, 0.2) is 0 Å². The number of pyridine rings is 1. The number of aliphatic hydroxyl groups excluding tert-OH is 1. The quantitative estimate of drug-likeness (QED) is 0.564. The van der Waals surface area contributed by atoms with Crippen molar-refractivity contribution in [2.75, 3.05) is 26.2 Å². The zero-order chi connectivity index (χ0) is 17.2. The monoisotopic (exact) mass is 354 g/mol. The van der Waals surface area contributed by atoms with E-state index in [-0.39, 0.29) is 19.1 Å². The summed E-state index contributed by atoms with van der Waals surface area (Å²) in [6, 6.07) is 6.06. The largest absolute Gasteiger partial charge is 0.395 e. The Morgan fingerprint density at radius 2 is 2.24 bits per heavy atom. The molecule has 1 aliphatic heterocycles. The van der Waals surface area contributed by atoms with E-state index in [1.807, 2.05) is 17.6 Å². The minimum absolute atomic E-state index is 0.0632. The Hall–Kier alpha value is -2.48. The fourth-order valence-electron chi connectivity index (χ4n) is 2.89. The van der Waals surface area contributed by atoms with Crippen molar-refractivity contribution >= 4 is 33.9 Å². The van der Waals surface area contributed by atoms with E-state index in [1.165, 1.54) is 16.9 Å². The first kappa shape index (κ1) is 16.0. The maximum atomic E-state index is 12.0. The molecule has 0 unspecified atom stereocenters. The number of thiophene rings is 1. The summed E-state index contributed by atoms with van der Waals surface area (Å²) in [5.41, 5.74) is 5.17. The Balaban J connectivity index is 1.61. The zero-order valence-electron chi connectivity index (χ0n) is 13.5. The highest BCUT2D eigenvalue weighted by atomic mass is 32.1. The van der Waals surface area contributed by atoms with Gasteiger partial charge in [0.1, 0.15) is 5.65 Å². The van der Waals surface area contributed by atoms with Crippen LogP contribution in [0.2, 0.25) is 0 Å². The first-order valence-corrected chi connectivity index (χ1v) is 8.99. The molecule has 7 heteroatoms. The lowest BCUT2D eigenvalue weighted by atomic mass is 10.1. The molecular weight excluding hydrogens is 336 g/mol. The molecule has 6 nitrogen and oxygen atoms in total. The summed E-state index contributed by atoms with van der Waals surface area (Å²) in [5.74, 6) is -0.163. The third-order valence-electron chi connectivity index (χ3n) is 4.18. The number of rotatable bonds is 5. The molecule has 0 radical (unpaired) electrons. The number of nitrogens with one attached hydrogen (secondary N) is 3. The van der Waals surface area contributed by atoms with E-state index in [0.717, 1.165) is 40.9 Å². The number of aromatic amines is 1. The fraction of sp³-hybridized carbons (Fsp3) is 0.222. The van der Waals surface area contributed by atoms with Crippen molar-refractivity contribution in [1.82, 2.24) is 20.6 Å². The molecular formula is C18H18N4O2S. The predicted molar refractivity (Wildman–Crippen MR) is 99.7 cm³/mol. The molecule has 0 spiro atoms. The SMILES string of the molecule is O=C(NCCO)c1cc(-c2cnc3[nH]c(C4=CCNC4)cc3c2)cs1. The van der Waals surface area contributed by atoms with E-state index in [1.54, 1.807) is 0 Å². The van der Waals surface area contributed by atoms with Crippen molar-refractivity contribution in [3.8, 4) is 11.1 Å². The number of nitrogens with zero attached hydrogens (tertiary/aromatic N) is 1. The standard InChI is InChI=1S/C18H18N4O2S/c23-4-3-20-18(24)16-7-14(10-25-16)13-5-12-6-15(11-1-2-19-8-11)22-17(12)21-9-13/h1,5-7,9-10,19,23H,2-4,8H2,(H,20,24)(H,21,22). The average Bonchev–Trinajstić information content (AvgIpc) is 3.38. The normalized spacial score (nSPS) is 14.0. The van der Waals surface area contributed by atoms with Crippen LogP contribution < -0.4 is 10.6 Å². The van der Waals surface area contributed by atoms with Crippen molar-refractivity contribution in [3.05, 3.63) is 46.4 Å². The number of carbonyl (C=O) groups is 1. The molecule has 4 rings (SSSR count). The summed E-state index contributed by atoms with van der Waals surface area (Å²) in [6.07, 6.45) is 4.00. The maximum Gasteiger partial charge on any atom is 0.261 e. The van der Waals surface area contributed by atoms with Crippen LogP contribution in [0.15, 0.2) is 35.9 Å². The van der Waals surface area contributed by atoms with Crippen LogP contribution in [0.4, 0.5) is 0 Å². The smallest absolute Gasteiger partial charge is 0.261 e. The van der Waals surface area contributed by atoms with E-state index >= 15 is 0 Å². The fourth-order valence-corrected chi connectivity index (χ4v) is 3.72. The van der Waals surface area contributed by atoms with Gasteiger partial charge in [0, 0.05) is 42.5 Å². The Morgan fingerprint density at radius 1 is 1.32 bits per heavy atom. The van der Waals surface area contributed by atoms with Crippen molar-refractivity contribution in [1.29, 1.82) is 0 Å². The topological polar surface area (TPSA) is 90.0 Å². The molecule has 3 aromatic rings. The molecule has 0 aromatic carbocycles. The van der Waals surface area contributed by atoms with Crippen molar-refractivity contribution < 1.29 is 9.90 Å². The van der Waals surface area contributed by atoms with E-state index < -0.39 is 0 Å². The number of fused-ring (bicyclic) bond motifs is 1. The molecule has 0 atom stereocenters. The van der Waals surface area contributed by atoms with Gasteiger partial charge in [-0.05, 0) is 34.7 Å². The Kier molecular flexibility index (Phi) is 4.35. The molecule has 25 heavy (non-hydrogen) atoms. The highest BCUT2D eigenvalue weighted by Crippen LogP contribution is 2.29. The highest BCUT2D eigenvalue weighted by Gasteiger charge is 2.13. The minimum Gasteiger partial charge on any atom is -0.395 e. The Morgan fingerprint density at radius 3 is 3.04 bits per heavy atom. The summed E-state index contributed by atoms with van der Waals surface area (Å²) < 4.78 is 0. The second-order valence-corrected chi connectivity index (χ2v) is 6.80. The number of aromatic nitrogens is 2. The van der Waals surface area contributed by atoms with Crippen LogP contribution in [0.1, 0.15) is 15.4 Å². The van der Waals surface area contributed by atoms with Gasteiger partial charge >= 0.3 is 0 Å². The van der Waals surface area contributed by atoms with Crippen molar-refractivity contribution in [3.63, 3.8) is 0 Å². The van der Waals surface area contributed by atoms with Gasteiger partial charge in [-0.2, -0.15) is 0 Å². The molecule has 4 N–H and O–H groups in total. The van der Waals surface area contributed by atoms with E-state index in [4.69, 9.17) is 5.11 Å². The number of H-pyrrole nitrogens is 1. The van der Waals surface area contributed by atoms with Gasteiger partial charge in [0.2, 0.25) is 0 Å².